The number of hydrogen-bond acceptors (Lipinski definition) is 5. The zero-order valence-corrected chi connectivity index (χ0v) is 14.7. The van der Waals surface area contributed by atoms with Crippen molar-refractivity contribution in [3.05, 3.63) is 60.1 Å². The first kappa shape index (κ1) is 17.2. The van der Waals surface area contributed by atoms with Crippen LogP contribution in [-0.2, 0) is 6.54 Å². The fourth-order valence-electron chi connectivity index (χ4n) is 3.35. The van der Waals surface area contributed by atoms with E-state index in [2.05, 4.69) is 15.6 Å². The summed E-state index contributed by atoms with van der Waals surface area (Å²) in [6.45, 7) is 0.779. The Morgan fingerprint density at radius 3 is 2.85 bits per heavy atom. The van der Waals surface area contributed by atoms with Crippen molar-refractivity contribution in [2.24, 2.45) is 5.92 Å². The first-order chi connectivity index (χ1) is 13.2. The maximum atomic E-state index is 12.3. The van der Waals surface area contributed by atoms with Crippen LogP contribution in [0.15, 0.2) is 53.3 Å². The van der Waals surface area contributed by atoms with Gasteiger partial charge < -0.3 is 9.84 Å². The molecule has 1 N–H and O–H groups in total. The van der Waals surface area contributed by atoms with Crippen molar-refractivity contribution >= 4 is 12.2 Å². The summed E-state index contributed by atoms with van der Waals surface area (Å²) in [6.07, 6.45) is 6.97. The van der Waals surface area contributed by atoms with Crippen LogP contribution in [0.4, 0.5) is 0 Å². The van der Waals surface area contributed by atoms with Gasteiger partial charge >= 0.3 is 0 Å². The van der Waals surface area contributed by atoms with Crippen LogP contribution in [0.3, 0.4) is 0 Å². The lowest BCUT2D eigenvalue weighted by Gasteiger charge is -2.35. The van der Waals surface area contributed by atoms with Crippen molar-refractivity contribution in [1.29, 1.82) is 0 Å². The smallest absolute Gasteiger partial charge is 0.290 e. The van der Waals surface area contributed by atoms with E-state index in [1.54, 1.807) is 23.1 Å². The van der Waals surface area contributed by atoms with Gasteiger partial charge in [0.05, 0.1) is 11.8 Å². The number of amides is 1. The number of carbonyl (C=O) groups is 2. The quantitative estimate of drug-likeness (QED) is 0.651. The van der Waals surface area contributed by atoms with Gasteiger partial charge in [-0.15, -0.1) is 0 Å². The van der Waals surface area contributed by atoms with Gasteiger partial charge in [0, 0.05) is 30.4 Å². The summed E-state index contributed by atoms with van der Waals surface area (Å²) in [5.74, 6) is 0.555. The molecule has 1 aliphatic rings. The highest BCUT2D eigenvalue weighted by Crippen LogP contribution is 2.31. The zero-order valence-electron chi connectivity index (χ0n) is 14.7. The van der Waals surface area contributed by atoms with Crippen LogP contribution in [0.2, 0.25) is 0 Å². The van der Waals surface area contributed by atoms with Crippen LogP contribution in [0.5, 0.6) is 0 Å². The molecule has 1 aromatic carbocycles. The molecule has 4 rings (SSSR count). The van der Waals surface area contributed by atoms with Crippen LogP contribution >= 0.6 is 0 Å². The molecule has 7 nitrogen and oxygen atoms in total. The lowest BCUT2D eigenvalue weighted by atomic mass is 9.78. The predicted octanol–water partition coefficient (Wildman–Crippen LogP) is 2.95. The molecule has 27 heavy (non-hydrogen) atoms. The molecule has 7 heteroatoms. The van der Waals surface area contributed by atoms with E-state index in [9.17, 15) is 9.59 Å². The number of nitrogens with zero attached hydrogens (tertiary/aromatic N) is 3. The Morgan fingerprint density at radius 1 is 1.30 bits per heavy atom. The second-order valence-electron chi connectivity index (χ2n) is 6.89. The van der Waals surface area contributed by atoms with Gasteiger partial charge in [-0.05, 0) is 25.2 Å². The van der Waals surface area contributed by atoms with Crippen LogP contribution in [0.1, 0.15) is 40.2 Å². The standard InChI is InChI=1S/C20H20N4O3/c25-13-15-11-21-24(12-15)7-6-14-8-17(9-14)22-20(26)19-10-18(23-27-19)16-4-2-1-3-5-16/h1-5,10-14,17H,6-9H2,(H,22,26)/t14-,17-. The molecule has 1 aliphatic carbocycles. The van der Waals surface area contributed by atoms with E-state index < -0.39 is 0 Å². The highest BCUT2D eigenvalue weighted by molar-refractivity contribution is 5.92. The molecule has 1 amide bonds. The second-order valence-corrected chi connectivity index (χ2v) is 6.89. The van der Waals surface area contributed by atoms with E-state index in [-0.39, 0.29) is 17.7 Å². The van der Waals surface area contributed by atoms with Crippen molar-refractivity contribution in [3.8, 4) is 11.3 Å². The van der Waals surface area contributed by atoms with Gasteiger partial charge in [0.2, 0.25) is 5.76 Å². The summed E-state index contributed by atoms with van der Waals surface area (Å²) >= 11 is 0. The number of rotatable bonds is 7. The van der Waals surface area contributed by atoms with Crippen molar-refractivity contribution in [2.75, 3.05) is 0 Å². The van der Waals surface area contributed by atoms with Crippen molar-refractivity contribution in [1.82, 2.24) is 20.3 Å². The lowest BCUT2D eigenvalue weighted by Crippen LogP contribution is -2.44. The van der Waals surface area contributed by atoms with Crippen LogP contribution < -0.4 is 5.32 Å². The van der Waals surface area contributed by atoms with E-state index in [1.165, 1.54) is 0 Å². The number of aromatic nitrogens is 3. The third-order valence-electron chi connectivity index (χ3n) is 4.93. The van der Waals surface area contributed by atoms with Gasteiger partial charge in [0.25, 0.3) is 5.91 Å². The number of aryl methyl sites for hydroxylation is 1. The van der Waals surface area contributed by atoms with Gasteiger partial charge in [-0.1, -0.05) is 35.5 Å². The molecule has 0 radical (unpaired) electrons. The molecule has 3 aromatic rings. The largest absolute Gasteiger partial charge is 0.350 e. The summed E-state index contributed by atoms with van der Waals surface area (Å²) in [4.78, 5) is 23.0. The molecular weight excluding hydrogens is 344 g/mol. The molecule has 0 aliphatic heterocycles. The van der Waals surface area contributed by atoms with Crippen molar-refractivity contribution < 1.29 is 14.1 Å². The Hall–Kier alpha value is -3.22. The van der Waals surface area contributed by atoms with Gasteiger partial charge in [0.1, 0.15) is 5.69 Å². The van der Waals surface area contributed by atoms with Crippen LogP contribution in [-0.4, -0.2) is 33.2 Å². The summed E-state index contributed by atoms with van der Waals surface area (Å²) in [7, 11) is 0. The highest BCUT2D eigenvalue weighted by atomic mass is 16.5. The monoisotopic (exact) mass is 364 g/mol. The molecule has 0 spiro atoms. The van der Waals surface area contributed by atoms with E-state index in [4.69, 9.17) is 4.52 Å². The molecule has 1 fully saturated rings. The Labute approximate surface area is 156 Å². The predicted molar refractivity (Wildman–Crippen MR) is 98.1 cm³/mol. The topological polar surface area (TPSA) is 90.0 Å². The molecule has 2 aromatic heterocycles. The molecular formula is C20H20N4O3. The minimum atomic E-state index is -0.226. The fourth-order valence-corrected chi connectivity index (χ4v) is 3.35. The number of hydrogen-bond donors (Lipinski definition) is 1. The molecule has 138 valence electrons. The van der Waals surface area contributed by atoms with Gasteiger partial charge in [-0.3, -0.25) is 14.3 Å². The summed E-state index contributed by atoms with van der Waals surface area (Å²) in [6, 6.07) is 11.4. The summed E-state index contributed by atoms with van der Waals surface area (Å²) in [5.41, 5.74) is 2.16. The van der Waals surface area contributed by atoms with Gasteiger partial charge in [0.15, 0.2) is 6.29 Å². The maximum Gasteiger partial charge on any atom is 0.290 e. The van der Waals surface area contributed by atoms with Crippen LogP contribution in [0.25, 0.3) is 11.3 Å². The third kappa shape index (κ3) is 3.97. The van der Waals surface area contributed by atoms with Crippen molar-refractivity contribution in [2.45, 2.75) is 31.8 Å². The molecule has 0 unspecified atom stereocenters. The van der Waals surface area contributed by atoms with E-state index in [0.717, 1.165) is 37.7 Å². The number of nitrogens with one attached hydrogen (secondary N) is 1. The maximum absolute atomic E-state index is 12.3. The Balaban J connectivity index is 1.23. The first-order valence-corrected chi connectivity index (χ1v) is 9.02. The SMILES string of the molecule is O=Cc1cnn(CC[C@H]2C[C@H](NC(=O)c3cc(-c4ccccc4)no3)C2)c1. The third-order valence-corrected chi connectivity index (χ3v) is 4.93. The van der Waals surface area contributed by atoms with Crippen molar-refractivity contribution in [3.63, 3.8) is 0 Å². The van der Waals surface area contributed by atoms with E-state index in [1.807, 2.05) is 30.3 Å². The lowest BCUT2D eigenvalue weighted by molar-refractivity contribution is 0.0845. The average molecular weight is 364 g/mol. The van der Waals surface area contributed by atoms with E-state index >= 15 is 0 Å². The Bertz CT molecular complexity index is 926. The minimum Gasteiger partial charge on any atom is -0.350 e. The summed E-state index contributed by atoms with van der Waals surface area (Å²) < 4.78 is 6.98. The Kier molecular flexibility index (Phi) is 4.82. The number of aldehydes is 1. The normalized spacial score (nSPS) is 18.7. The molecule has 0 bridgehead atoms. The highest BCUT2D eigenvalue weighted by Gasteiger charge is 2.31. The molecule has 0 atom stereocenters. The van der Waals surface area contributed by atoms with Gasteiger partial charge in [-0.2, -0.15) is 5.10 Å². The number of carbonyl (C=O) groups excluding carboxylic acids is 2. The first-order valence-electron chi connectivity index (χ1n) is 9.02. The zero-order chi connectivity index (χ0) is 18.6. The van der Waals surface area contributed by atoms with Crippen LogP contribution in [0, 0.1) is 5.92 Å². The minimum absolute atomic E-state index is 0.163. The molecule has 0 saturated heterocycles. The molecule has 1 saturated carbocycles. The van der Waals surface area contributed by atoms with Gasteiger partial charge in [-0.25, -0.2) is 0 Å². The fraction of sp³-hybridized carbons (Fsp3) is 0.300. The average Bonchev–Trinajstić information content (AvgIpc) is 3.33. The van der Waals surface area contributed by atoms with E-state index in [0.29, 0.717) is 17.2 Å². The number of benzene rings is 1. The second kappa shape index (κ2) is 7.57. The summed E-state index contributed by atoms with van der Waals surface area (Å²) in [5, 5.41) is 11.1. The Morgan fingerprint density at radius 2 is 2.11 bits per heavy atom. The molecule has 2 heterocycles.